The molecule has 1 saturated heterocycles. The molecule has 3 rings (SSSR count). The van der Waals surface area contributed by atoms with E-state index in [1.54, 1.807) is 13.2 Å². The molecule has 0 saturated carbocycles. The van der Waals surface area contributed by atoms with Crippen molar-refractivity contribution in [3.8, 4) is 5.75 Å². The predicted molar refractivity (Wildman–Crippen MR) is 115 cm³/mol. The highest BCUT2D eigenvalue weighted by atomic mass is 35.5. The van der Waals surface area contributed by atoms with Crippen LogP contribution >= 0.6 is 23.2 Å². The van der Waals surface area contributed by atoms with E-state index in [4.69, 9.17) is 27.9 Å². The lowest BCUT2D eigenvalue weighted by molar-refractivity contribution is 0.0825. The third-order valence-electron chi connectivity index (χ3n) is 5.08. The number of hydrogen-bond donors (Lipinski definition) is 1. The summed E-state index contributed by atoms with van der Waals surface area (Å²) in [5, 5.41) is 11.8. The number of methoxy groups -OCH3 is 1. The van der Waals surface area contributed by atoms with E-state index in [1.807, 2.05) is 24.3 Å². The maximum absolute atomic E-state index is 10.4. The van der Waals surface area contributed by atoms with Gasteiger partial charge in [-0.2, -0.15) is 0 Å². The molecule has 1 atom stereocenters. The van der Waals surface area contributed by atoms with E-state index in [0.29, 0.717) is 16.6 Å². The molecule has 1 aliphatic heterocycles. The van der Waals surface area contributed by atoms with Crippen molar-refractivity contribution in [3.05, 3.63) is 70.2 Å². The smallest absolute Gasteiger partial charge is 0.118 e. The van der Waals surface area contributed by atoms with Crippen LogP contribution in [-0.4, -0.2) is 54.3 Å². The summed E-state index contributed by atoms with van der Waals surface area (Å²) in [5.41, 5.74) is 2.30. The molecule has 1 radical (unpaired) electrons. The topological polar surface area (TPSA) is 35.9 Å². The molecule has 4 nitrogen and oxygen atoms in total. The summed E-state index contributed by atoms with van der Waals surface area (Å²) in [5.74, 6) is 0.859. The highest BCUT2D eigenvalue weighted by Gasteiger charge is 2.20. The maximum Gasteiger partial charge on any atom is 0.118 e. The van der Waals surface area contributed by atoms with E-state index in [2.05, 4.69) is 28.5 Å². The van der Waals surface area contributed by atoms with Crippen molar-refractivity contribution >= 4 is 23.2 Å². The standard InChI is InChI=1S/C22H27Cl2N2O2/c1-28-21-8-3-17(4-9-21)2-7-20(27)16-26-12-10-25(11-13-26)15-18-5-6-19(23)14-22(18)24/h3-6,8-10,14,20,27H,2,7,11-13,15-16H2,1H3. The Morgan fingerprint density at radius 2 is 1.89 bits per heavy atom. The van der Waals surface area contributed by atoms with Crippen LogP contribution in [0.25, 0.3) is 0 Å². The van der Waals surface area contributed by atoms with Gasteiger partial charge in [-0.3, -0.25) is 9.80 Å². The van der Waals surface area contributed by atoms with Gasteiger partial charge in [0.2, 0.25) is 0 Å². The van der Waals surface area contributed by atoms with E-state index >= 15 is 0 Å². The van der Waals surface area contributed by atoms with Crippen molar-refractivity contribution in [3.63, 3.8) is 0 Å². The molecule has 1 heterocycles. The van der Waals surface area contributed by atoms with E-state index < -0.39 is 0 Å². The Kier molecular flexibility index (Phi) is 8.00. The van der Waals surface area contributed by atoms with Crippen LogP contribution in [0.4, 0.5) is 0 Å². The van der Waals surface area contributed by atoms with Crippen molar-refractivity contribution in [2.45, 2.75) is 25.5 Å². The van der Waals surface area contributed by atoms with Gasteiger partial charge in [-0.15, -0.1) is 0 Å². The number of aryl methyl sites for hydroxylation is 1. The summed E-state index contributed by atoms with van der Waals surface area (Å²) >= 11 is 12.2. The number of nitrogens with zero attached hydrogens (tertiary/aromatic N) is 2. The van der Waals surface area contributed by atoms with Gasteiger partial charge in [0.1, 0.15) is 5.75 Å². The first-order chi connectivity index (χ1) is 13.5. The minimum atomic E-state index is -0.326. The van der Waals surface area contributed by atoms with Crippen LogP contribution < -0.4 is 4.74 Å². The van der Waals surface area contributed by atoms with Crippen LogP contribution in [0, 0.1) is 6.54 Å². The summed E-state index contributed by atoms with van der Waals surface area (Å²) in [6.07, 6.45) is 1.30. The number of piperazine rings is 1. The van der Waals surface area contributed by atoms with Gasteiger partial charge < -0.3 is 9.84 Å². The largest absolute Gasteiger partial charge is 0.497 e. The highest BCUT2D eigenvalue weighted by molar-refractivity contribution is 6.35. The Hall–Kier alpha value is -1.30. The van der Waals surface area contributed by atoms with Crippen LogP contribution in [0.3, 0.4) is 0 Å². The summed E-state index contributed by atoms with van der Waals surface area (Å²) in [4.78, 5) is 4.56. The maximum atomic E-state index is 10.4. The van der Waals surface area contributed by atoms with Crippen molar-refractivity contribution in [2.75, 3.05) is 33.3 Å². The monoisotopic (exact) mass is 421 g/mol. The number of aliphatic hydroxyl groups excluding tert-OH is 1. The zero-order valence-corrected chi connectivity index (χ0v) is 17.7. The minimum absolute atomic E-state index is 0.326. The van der Waals surface area contributed by atoms with E-state index in [9.17, 15) is 5.11 Å². The van der Waals surface area contributed by atoms with Gasteiger partial charge in [0.15, 0.2) is 0 Å². The normalized spacial score (nSPS) is 16.9. The average molecular weight is 422 g/mol. The van der Waals surface area contributed by atoms with E-state index in [0.717, 1.165) is 50.3 Å². The number of halogens is 2. The first kappa shape index (κ1) is 21.4. The predicted octanol–water partition coefficient (Wildman–Crippen LogP) is 4.28. The summed E-state index contributed by atoms with van der Waals surface area (Å²) in [7, 11) is 1.67. The lowest BCUT2D eigenvalue weighted by atomic mass is 10.1. The molecule has 2 aromatic rings. The zero-order valence-electron chi connectivity index (χ0n) is 16.2. The third-order valence-corrected chi connectivity index (χ3v) is 5.67. The van der Waals surface area contributed by atoms with Crippen LogP contribution in [0.15, 0.2) is 42.5 Å². The van der Waals surface area contributed by atoms with Gasteiger partial charge in [0.05, 0.1) is 13.2 Å². The van der Waals surface area contributed by atoms with Gasteiger partial charge in [-0.05, 0) is 48.2 Å². The molecule has 0 amide bonds. The van der Waals surface area contributed by atoms with Crippen molar-refractivity contribution in [1.82, 2.24) is 9.80 Å². The number of ether oxygens (including phenoxy) is 1. The quantitative estimate of drug-likeness (QED) is 0.689. The molecule has 1 aliphatic rings. The van der Waals surface area contributed by atoms with Gasteiger partial charge in [0.25, 0.3) is 0 Å². The van der Waals surface area contributed by atoms with Crippen molar-refractivity contribution in [2.24, 2.45) is 0 Å². The number of hydrogen-bond acceptors (Lipinski definition) is 4. The molecule has 1 unspecified atom stereocenters. The van der Waals surface area contributed by atoms with Gasteiger partial charge in [-0.25, -0.2) is 0 Å². The molecular formula is C22H27Cl2N2O2. The molecule has 2 aromatic carbocycles. The molecule has 151 valence electrons. The SMILES string of the molecule is COc1ccc(CCC(O)CN2C[CH]N(Cc3ccc(Cl)cc3Cl)CC2)cc1. The first-order valence-corrected chi connectivity index (χ1v) is 10.3. The van der Waals surface area contributed by atoms with Crippen LogP contribution in [0.1, 0.15) is 17.5 Å². The number of benzene rings is 2. The Morgan fingerprint density at radius 1 is 1.11 bits per heavy atom. The molecule has 28 heavy (non-hydrogen) atoms. The average Bonchev–Trinajstić information content (AvgIpc) is 2.70. The van der Waals surface area contributed by atoms with Gasteiger partial charge in [-0.1, -0.05) is 41.4 Å². The van der Waals surface area contributed by atoms with E-state index in [-0.39, 0.29) is 6.10 Å². The second kappa shape index (κ2) is 10.5. The lowest BCUT2D eigenvalue weighted by Gasteiger charge is -2.35. The molecule has 6 heteroatoms. The molecule has 1 fully saturated rings. The minimum Gasteiger partial charge on any atom is -0.497 e. The fourth-order valence-corrected chi connectivity index (χ4v) is 3.84. The number of aliphatic hydroxyl groups is 1. The fourth-order valence-electron chi connectivity index (χ4n) is 3.38. The number of β-amino-alcohol motifs (C(OH)–C–C–N with tert-alkyl or cyclic N) is 1. The first-order valence-electron chi connectivity index (χ1n) is 9.58. The Morgan fingerprint density at radius 3 is 2.54 bits per heavy atom. The Labute approximate surface area is 177 Å². The lowest BCUT2D eigenvalue weighted by Crippen LogP contribution is -2.45. The second-order valence-electron chi connectivity index (χ2n) is 7.19. The Bertz CT molecular complexity index is 747. The van der Waals surface area contributed by atoms with Gasteiger partial charge in [0, 0.05) is 49.3 Å². The summed E-state index contributed by atoms with van der Waals surface area (Å²) in [6, 6.07) is 13.7. The Balaban J connectivity index is 1.38. The second-order valence-corrected chi connectivity index (χ2v) is 8.03. The molecule has 0 spiro atoms. The fraction of sp³-hybridized carbons (Fsp3) is 0.409. The van der Waals surface area contributed by atoms with Gasteiger partial charge >= 0.3 is 0 Å². The summed E-state index contributed by atoms with van der Waals surface area (Å²) in [6.45, 7) is 6.35. The van der Waals surface area contributed by atoms with Crippen LogP contribution in [0.5, 0.6) is 5.75 Å². The highest BCUT2D eigenvalue weighted by Crippen LogP contribution is 2.23. The molecule has 0 aromatic heterocycles. The molecular weight excluding hydrogens is 395 g/mol. The number of rotatable bonds is 8. The molecule has 0 aliphatic carbocycles. The third kappa shape index (κ3) is 6.36. The van der Waals surface area contributed by atoms with Crippen molar-refractivity contribution < 1.29 is 9.84 Å². The summed E-state index contributed by atoms with van der Waals surface area (Å²) < 4.78 is 5.18. The molecule has 0 bridgehead atoms. The van der Waals surface area contributed by atoms with Crippen molar-refractivity contribution in [1.29, 1.82) is 0 Å². The zero-order chi connectivity index (χ0) is 19.9. The van der Waals surface area contributed by atoms with Crippen LogP contribution in [0.2, 0.25) is 10.0 Å². The molecule has 1 N–H and O–H groups in total. The van der Waals surface area contributed by atoms with E-state index in [1.165, 1.54) is 5.56 Å². The van der Waals surface area contributed by atoms with Crippen LogP contribution in [-0.2, 0) is 13.0 Å².